The van der Waals surface area contributed by atoms with Crippen molar-refractivity contribution < 1.29 is 4.42 Å². The number of hydrogen-bond donors (Lipinski definition) is 1. The quantitative estimate of drug-likeness (QED) is 0.683. The van der Waals surface area contributed by atoms with Gasteiger partial charge in [-0.25, -0.2) is 0 Å². The lowest BCUT2D eigenvalue weighted by Crippen LogP contribution is -1.79. The lowest BCUT2D eigenvalue weighted by atomic mass is 10.2. The van der Waals surface area contributed by atoms with Gasteiger partial charge in [-0.05, 0) is 16.2 Å². The first-order chi connectivity index (χ1) is 6.86. The SMILES string of the molecule is N=Cc1c(/C=C\I)oc2ccncc12. The zero-order valence-corrected chi connectivity index (χ0v) is 9.36. The zero-order chi connectivity index (χ0) is 9.97. The number of rotatable bonds is 2. The van der Waals surface area contributed by atoms with Crippen LogP contribution in [-0.4, -0.2) is 11.2 Å². The van der Waals surface area contributed by atoms with Crippen molar-refractivity contribution in [3.63, 3.8) is 0 Å². The van der Waals surface area contributed by atoms with Crippen LogP contribution in [0.2, 0.25) is 0 Å². The number of aromatic nitrogens is 1. The fourth-order valence-electron chi connectivity index (χ4n) is 1.31. The summed E-state index contributed by atoms with van der Waals surface area (Å²) in [6.07, 6.45) is 6.52. The Bertz CT molecular complexity index is 502. The third kappa shape index (κ3) is 1.45. The maximum Gasteiger partial charge on any atom is 0.138 e. The fourth-order valence-corrected chi connectivity index (χ4v) is 1.64. The second kappa shape index (κ2) is 3.91. The minimum Gasteiger partial charge on any atom is -0.456 e. The summed E-state index contributed by atoms with van der Waals surface area (Å²) in [7, 11) is 0. The number of hydrogen-bond acceptors (Lipinski definition) is 3. The first kappa shape index (κ1) is 9.39. The zero-order valence-electron chi connectivity index (χ0n) is 7.20. The highest BCUT2D eigenvalue weighted by Crippen LogP contribution is 2.24. The average molecular weight is 298 g/mol. The number of pyridine rings is 1. The summed E-state index contributed by atoms with van der Waals surface area (Å²) in [5.41, 5.74) is 1.55. The van der Waals surface area contributed by atoms with Gasteiger partial charge in [0.1, 0.15) is 11.3 Å². The molecule has 0 unspecified atom stereocenters. The number of fused-ring (bicyclic) bond motifs is 1. The van der Waals surface area contributed by atoms with Gasteiger partial charge in [-0.15, -0.1) is 0 Å². The van der Waals surface area contributed by atoms with Gasteiger partial charge in [0.2, 0.25) is 0 Å². The molecule has 0 saturated heterocycles. The third-order valence-corrected chi connectivity index (χ3v) is 2.27. The normalized spacial score (nSPS) is 11.2. The van der Waals surface area contributed by atoms with Gasteiger partial charge in [0.15, 0.2) is 0 Å². The summed E-state index contributed by atoms with van der Waals surface area (Å²) in [5, 5.41) is 8.19. The molecule has 0 aliphatic rings. The Morgan fingerprint density at radius 1 is 1.50 bits per heavy atom. The second-order valence-corrected chi connectivity index (χ2v) is 3.41. The summed E-state index contributed by atoms with van der Waals surface area (Å²) in [4.78, 5) is 4.01. The van der Waals surface area contributed by atoms with E-state index in [1.807, 2.05) is 10.2 Å². The van der Waals surface area contributed by atoms with Crippen LogP contribution in [0.5, 0.6) is 0 Å². The maximum atomic E-state index is 7.31. The van der Waals surface area contributed by atoms with Crippen LogP contribution in [0.1, 0.15) is 11.3 Å². The minimum absolute atomic E-state index is 0.706. The van der Waals surface area contributed by atoms with Crippen LogP contribution < -0.4 is 0 Å². The topological polar surface area (TPSA) is 49.9 Å². The average Bonchev–Trinajstić information content (AvgIpc) is 2.55. The molecule has 3 nitrogen and oxygen atoms in total. The van der Waals surface area contributed by atoms with Crippen molar-refractivity contribution in [3.8, 4) is 0 Å². The number of nitrogens with zero attached hydrogens (tertiary/aromatic N) is 1. The monoisotopic (exact) mass is 298 g/mol. The Morgan fingerprint density at radius 2 is 2.36 bits per heavy atom. The van der Waals surface area contributed by atoms with Crippen molar-refractivity contribution in [1.29, 1.82) is 5.41 Å². The van der Waals surface area contributed by atoms with E-state index in [1.54, 1.807) is 18.5 Å². The molecule has 0 radical (unpaired) electrons. The molecule has 0 spiro atoms. The van der Waals surface area contributed by atoms with Crippen molar-refractivity contribution in [2.75, 3.05) is 0 Å². The first-order valence-electron chi connectivity index (χ1n) is 4.00. The lowest BCUT2D eigenvalue weighted by Gasteiger charge is -1.86. The molecule has 2 rings (SSSR count). The van der Waals surface area contributed by atoms with Crippen LogP contribution in [0.3, 0.4) is 0 Å². The largest absolute Gasteiger partial charge is 0.456 e. The maximum absolute atomic E-state index is 7.31. The summed E-state index contributed by atoms with van der Waals surface area (Å²) < 4.78 is 7.40. The molecule has 0 amide bonds. The number of halogens is 1. The van der Waals surface area contributed by atoms with E-state index in [1.165, 1.54) is 6.21 Å². The summed E-state index contributed by atoms with van der Waals surface area (Å²) in [6, 6.07) is 1.80. The molecule has 0 saturated carbocycles. The molecular formula is C10H7IN2O. The van der Waals surface area contributed by atoms with Crippen LogP contribution >= 0.6 is 22.6 Å². The summed E-state index contributed by atoms with van der Waals surface area (Å²) >= 11 is 2.12. The van der Waals surface area contributed by atoms with E-state index in [0.717, 1.165) is 16.5 Å². The van der Waals surface area contributed by atoms with Crippen LogP contribution in [-0.2, 0) is 0 Å². The molecule has 0 fully saturated rings. The Morgan fingerprint density at radius 3 is 3.07 bits per heavy atom. The van der Waals surface area contributed by atoms with E-state index in [0.29, 0.717) is 5.76 Å². The predicted molar refractivity (Wildman–Crippen MR) is 64.9 cm³/mol. The predicted octanol–water partition coefficient (Wildman–Crippen LogP) is 3.23. The van der Waals surface area contributed by atoms with Crippen LogP contribution in [0.4, 0.5) is 0 Å². The van der Waals surface area contributed by atoms with Gasteiger partial charge in [-0.2, -0.15) is 0 Å². The second-order valence-electron chi connectivity index (χ2n) is 2.69. The summed E-state index contributed by atoms with van der Waals surface area (Å²) in [5.74, 6) is 0.706. The van der Waals surface area contributed by atoms with Gasteiger partial charge in [0.25, 0.3) is 0 Å². The van der Waals surface area contributed by atoms with Crippen molar-refractivity contribution in [1.82, 2.24) is 4.98 Å². The van der Waals surface area contributed by atoms with Gasteiger partial charge in [0.05, 0.1) is 0 Å². The molecule has 0 aliphatic carbocycles. The molecule has 4 heteroatoms. The summed E-state index contributed by atoms with van der Waals surface area (Å²) in [6.45, 7) is 0. The molecule has 70 valence electrons. The van der Waals surface area contributed by atoms with Gasteiger partial charge in [-0.3, -0.25) is 4.98 Å². The first-order valence-corrected chi connectivity index (χ1v) is 5.25. The van der Waals surface area contributed by atoms with Crippen molar-refractivity contribution in [3.05, 3.63) is 33.9 Å². The highest BCUT2D eigenvalue weighted by molar-refractivity contribution is 14.1. The minimum atomic E-state index is 0.706. The Kier molecular flexibility index (Phi) is 2.62. The van der Waals surface area contributed by atoms with Crippen LogP contribution in [0.15, 0.2) is 27.0 Å². The third-order valence-electron chi connectivity index (χ3n) is 1.92. The van der Waals surface area contributed by atoms with Crippen LogP contribution in [0.25, 0.3) is 17.0 Å². The van der Waals surface area contributed by atoms with Gasteiger partial charge < -0.3 is 9.83 Å². The molecule has 0 aliphatic heterocycles. The molecule has 2 aromatic heterocycles. The highest BCUT2D eigenvalue weighted by Gasteiger charge is 2.09. The van der Waals surface area contributed by atoms with Gasteiger partial charge >= 0.3 is 0 Å². The van der Waals surface area contributed by atoms with E-state index in [2.05, 4.69) is 27.6 Å². The molecule has 0 atom stereocenters. The molecule has 1 N–H and O–H groups in total. The molecule has 14 heavy (non-hydrogen) atoms. The molecule has 2 aromatic rings. The van der Waals surface area contributed by atoms with Crippen LogP contribution in [0, 0.1) is 5.41 Å². The molecule has 2 heterocycles. The van der Waals surface area contributed by atoms with E-state index in [9.17, 15) is 0 Å². The number of nitrogens with one attached hydrogen (secondary N) is 1. The van der Waals surface area contributed by atoms with Crippen molar-refractivity contribution in [2.45, 2.75) is 0 Å². The van der Waals surface area contributed by atoms with E-state index in [-0.39, 0.29) is 0 Å². The number of furan rings is 1. The highest BCUT2D eigenvalue weighted by atomic mass is 127. The van der Waals surface area contributed by atoms with Crippen molar-refractivity contribution >= 4 is 45.9 Å². The smallest absolute Gasteiger partial charge is 0.138 e. The van der Waals surface area contributed by atoms with Crippen molar-refractivity contribution in [2.24, 2.45) is 0 Å². The molecular weight excluding hydrogens is 291 g/mol. The Hall–Kier alpha value is -1.17. The lowest BCUT2D eigenvalue weighted by molar-refractivity contribution is 0.603. The Labute approximate surface area is 94.5 Å². The fraction of sp³-hybridized carbons (Fsp3) is 0. The molecule has 0 bridgehead atoms. The standard InChI is InChI=1S/C10H7IN2O/c11-3-1-9-7(5-12)8-6-13-4-2-10(8)14-9/h1-6,12H/b3-1-,12-5?. The Balaban J connectivity index is 2.78. The van der Waals surface area contributed by atoms with E-state index in [4.69, 9.17) is 9.83 Å². The van der Waals surface area contributed by atoms with Gasteiger partial charge in [-0.1, -0.05) is 22.6 Å². The molecule has 0 aromatic carbocycles. The van der Waals surface area contributed by atoms with E-state index < -0.39 is 0 Å². The van der Waals surface area contributed by atoms with Gasteiger partial charge in [0, 0.05) is 29.6 Å². The van der Waals surface area contributed by atoms with E-state index >= 15 is 0 Å².